The second-order valence-electron chi connectivity index (χ2n) is 12.7. The Labute approximate surface area is 289 Å². The Morgan fingerprint density at radius 1 is 0.420 bits per heavy atom. The summed E-state index contributed by atoms with van der Waals surface area (Å²) in [4.78, 5) is 7.04. The van der Waals surface area contributed by atoms with E-state index in [0.29, 0.717) is 0 Å². The number of aromatic nitrogens is 1. The fourth-order valence-corrected chi connectivity index (χ4v) is 7.64. The standard InChI is InChI=1S/C47H30N2O/c1-3-15-35-31(11-1)13-9-19-36(35)33-23-25-34(26-24-33)49(44-21-7-5-17-39(44)38-20-10-14-32-12-2-4-16-37(32)38)45-29-42-40-18-6-8-22-46(40)50-47(42)41-27-28-48-30-43(41)45/h1-30H. The number of hydrogen-bond donors (Lipinski definition) is 0. The van der Waals surface area contributed by atoms with E-state index in [9.17, 15) is 0 Å². The third-order valence-electron chi connectivity index (χ3n) is 9.95. The SMILES string of the molecule is c1ccc(N(c2ccc(-c3cccc4ccccc34)cc2)c2cc3c4ccccc4oc3c3ccncc23)c(-c2cccc3ccccc23)c1. The maximum Gasteiger partial charge on any atom is 0.143 e. The Balaban J connectivity index is 1.26. The molecule has 10 aromatic rings. The summed E-state index contributed by atoms with van der Waals surface area (Å²) in [6.45, 7) is 0. The molecule has 2 heterocycles. The monoisotopic (exact) mass is 638 g/mol. The summed E-state index contributed by atoms with van der Waals surface area (Å²) in [6, 6.07) is 60.7. The first kappa shape index (κ1) is 28.3. The Morgan fingerprint density at radius 2 is 1.04 bits per heavy atom. The van der Waals surface area contributed by atoms with Crippen LogP contribution in [0.5, 0.6) is 0 Å². The van der Waals surface area contributed by atoms with Crippen LogP contribution in [0, 0.1) is 0 Å². The van der Waals surface area contributed by atoms with Gasteiger partial charge in [-0.25, -0.2) is 0 Å². The number of anilines is 3. The van der Waals surface area contributed by atoms with Gasteiger partial charge < -0.3 is 9.32 Å². The maximum atomic E-state index is 6.51. The Bertz CT molecular complexity index is 2870. The first-order valence-corrected chi connectivity index (χ1v) is 17.0. The summed E-state index contributed by atoms with van der Waals surface area (Å²) in [6.07, 6.45) is 3.82. The molecule has 234 valence electrons. The van der Waals surface area contributed by atoms with Crippen molar-refractivity contribution in [2.45, 2.75) is 0 Å². The summed E-state index contributed by atoms with van der Waals surface area (Å²) >= 11 is 0. The molecule has 3 heteroatoms. The zero-order chi connectivity index (χ0) is 33.0. The molecule has 0 atom stereocenters. The molecule has 0 aliphatic carbocycles. The second-order valence-corrected chi connectivity index (χ2v) is 12.7. The molecule has 0 aliphatic heterocycles. The van der Waals surface area contributed by atoms with E-state index in [1.165, 1.54) is 38.2 Å². The number of furan rings is 1. The average molecular weight is 639 g/mol. The smallest absolute Gasteiger partial charge is 0.143 e. The van der Waals surface area contributed by atoms with Crippen molar-refractivity contribution in [1.82, 2.24) is 4.98 Å². The zero-order valence-corrected chi connectivity index (χ0v) is 27.1. The van der Waals surface area contributed by atoms with Crippen LogP contribution in [-0.4, -0.2) is 4.98 Å². The van der Waals surface area contributed by atoms with Crippen LogP contribution >= 0.6 is 0 Å². The van der Waals surface area contributed by atoms with Gasteiger partial charge in [0.25, 0.3) is 0 Å². The quantitative estimate of drug-likeness (QED) is 0.188. The molecule has 0 saturated carbocycles. The van der Waals surface area contributed by atoms with Crippen molar-refractivity contribution >= 4 is 71.3 Å². The van der Waals surface area contributed by atoms with Crippen molar-refractivity contribution in [3.63, 3.8) is 0 Å². The van der Waals surface area contributed by atoms with Crippen LogP contribution < -0.4 is 4.90 Å². The summed E-state index contributed by atoms with van der Waals surface area (Å²) in [5.74, 6) is 0. The van der Waals surface area contributed by atoms with E-state index >= 15 is 0 Å². The molecule has 3 nitrogen and oxygen atoms in total. The number of hydrogen-bond acceptors (Lipinski definition) is 3. The molecular weight excluding hydrogens is 609 g/mol. The lowest BCUT2D eigenvalue weighted by Crippen LogP contribution is -2.12. The number of benzene rings is 8. The second kappa shape index (κ2) is 11.5. The van der Waals surface area contributed by atoms with Gasteiger partial charge in [0, 0.05) is 45.2 Å². The van der Waals surface area contributed by atoms with Gasteiger partial charge in [0.1, 0.15) is 11.2 Å². The first-order chi connectivity index (χ1) is 24.8. The minimum Gasteiger partial charge on any atom is -0.455 e. The molecule has 0 radical (unpaired) electrons. The number of rotatable bonds is 5. The minimum atomic E-state index is 0.875. The normalized spacial score (nSPS) is 11.6. The molecule has 0 spiro atoms. The van der Waals surface area contributed by atoms with Gasteiger partial charge in [0.2, 0.25) is 0 Å². The van der Waals surface area contributed by atoms with Crippen LogP contribution in [0.1, 0.15) is 0 Å². The van der Waals surface area contributed by atoms with Gasteiger partial charge in [-0.15, -0.1) is 0 Å². The van der Waals surface area contributed by atoms with E-state index in [2.05, 4.69) is 168 Å². The fraction of sp³-hybridized carbons (Fsp3) is 0. The number of para-hydroxylation sites is 2. The van der Waals surface area contributed by atoms with Gasteiger partial charge in [0.15, 0.2) is 0 Å². The van der Waals surface area contributed by atoms with Gasteiger partial charge in [0.05, 0.1) is 11.4 Å². The summed E-state index contributed by atoms with van der Waals surface area (Å²) < 4.78 is 6.51. The number of pyridine rings is 1. The van der Waals surface area contributed by atoms with Gasteiger partial charge in [-0.3, -0.25) is 4.98 Å². The third kappa shape index (κ3) is 4.48. The molecule has 0 saturated heterocycles. The molecule has 0 bridgehead atoms. The van der Waals surface area contributed by atoms with Crippen molar-refractivity contribution in [3.05, 3.63) is 182 Å². The van der Waals surface area contributed by atoms with Crippen molar-refractivity contribution in [1.29, 1.82) is 0 Å². The highest BCUT2D eigenvalue weighted by Gasteiger charge is 2.23. The molecule has 0 unspecified atom stereocenters. The predicted molar refractivity (Wildman–Crippen MR) is 210 cm³/mol. The highest BCUT2D eigenvalue weighted by atomic mass is 16.3. The summed E-state index contributed by atoms with van der Waals surface area (Å²) in [7, 11) is 0. The Kier molecular flexibility index (Phi) is 6.49. The molecule has 0 N–H and O–H groups in total. The largest absolute Gasteiger partial charge is 0.455 e. The summed E-state index contributed by atoms with van der Waals surface area (Å²) in [5, 5.41) is 9.14. The average Bonchev–Trinajstić information content (AvgIpc) is 3.57. The van der Waals surface area contributed by atoms with Gasteiger partial charge >= 0.3 is 0 Å². The molecule has 0 fully saturated rings. The van der Waals surface area contributed by atoms with Gasteiger partial charge in [-0.1, -0.05) is 133 Å². The van der Waals surface area contributed by atoms with E-state index in [0.717, 1.165) is 55.3 Å². The van der Waals surface area contributed by atoms with E-state index in [4.69, 9.17) is 4.42 Å². The van der Waals surface area contributed by atoms with E-state index < -0.39 is 0 Å². The molecule has 0 amide bonds. The lowest BCUT2D eigenvalue weighted by Gasteiger charge is -2.29. The van der Waals surface area contributed by atoms with E-state index in [1.807, 2.05) is 24.5 Å². The lowest BCUT2D eigenvalue weighted by atomic mass is 9.95. The van der Waals surface area contributed by atoms with E-state index in [1.54, 1.807) is 0 Å². The Hall–Kier alpha value is -6.71. The third-order valence-corrected chi connectivity index (χ3v) is 9.95. The molecule has 2 aromatic heterocycles. The maximum absolute atomic E-state index is 6.51. The van der Waals surface area contributed by atoms with Crippen molar-refractivity contribution in [3.8, 4) is 22.3 Å². The van der Waals surface area contributed by atoms with Crippen LogP contribution in [0.25, 0.3) is 76.5 Å². The lowest BCUT2D eigenvalue weighted by molar-refractivity contribution is 0.672. The van der Waals surface area contributed by atoms with Crippen LogP contribution in [0.4, 0.5) is 17.1 Å². The van der Waals surface area contributed by atoms with Crippen LogP contribution in [0.2, 0.25) is 0 Å². The number of fused-ring (bicyclic) bond motifs is 7. The van der Waals surface area contributed by atoms with Gasteiger partial charge in [-0.2, -0.15) is 0 Å². The van der Waals surface area contributed by atoms with Crippen molar-refractivity contribution < 1.29 is 4.42 Å². The molecular formula is C47H30N2O. The van der Waals surface area contributed by atoms with Crippen LogP contribution in [0.15, 0.2) is 187 Å². The van der Waals surface area contributed by atoms with E-state index in [-0.39, 0.29) is 0 Å². The van der Waals surface area contributed by atoms with Crippen LogP contribution in [-0.2, 0) is 0 Å². The number of nitrogens with zero attached hydrogens (tertiary/aromatic N) is 2. The van der Waals surface area contributed by atoms with Gasteiger partial charge in [-0.05, 0) is 74.6 Å². The first-order valence-electron chi connectivity index (χ1n) is 17.0. The molecule has 10 rings (SSSR count). The molecule has 0 aliphatic rings. The van der Waals surface area contributed by atoms with Crippen molar-refractivity contribution in [2.75, 3.05) is 4.90 Å². The Morgan fingerprint density at radius 3 is 1.84 bits per heavy atom. The highest BCUT2D eigenvalue weighted by Crippen LogP contribution is 2.47. The zero-order valence-electron chi connectivity index (χ0n) is 27.1. The summed E-state index contributed by atoms with van der Waals surface area (Å²) in [5.41, 5.74) is 9.66. The molecule has 50 heavy (non-hydrogen) atoms. The fourth-order valence-electron chi connectivity index (χ4n) is 7.64. The predicted octanol–water partition coefficient (Wildman–Crippen LogP) is 13.2. The van der Waals surface area contributed by atoms with Crippen LogP contribution in [0.3, 0.4) is 0 Å². The van der Waals surface area contributed by atoms with Crippen molar-refractivity contribution in [2.24, 2.45) is 0 Å². The minimum absolute atomic E-state index is 0.875. The molecule has 8 aromatic carbocycles. The highest BCUT2D eigenvalue weighted by molar-refractivity contribution is 6.20. The topological polar surface area (TPSA) is 29.3 Å².